The Bertz CT molecular complexity index is 785. The van der Waals surface area contributed by atoms with Crippen LogP contribution in [0.25, 0.3) is 0 Å². The Labute approximate surface area is 182 Å². The topological polar surface area (TPSA) is 114 Å². The van der Waals surface area contributed by atoms with Crippen molar-refractivity contribution in [3.8, 4) is 0 Å². The summed E-state index contributed by atoms with van der Waals surface area (Å²) in [7, 11) is 0. The molecular formula is C20H26F3N3O6. The molecule has 0 aromatic carbocycles. The lowest BCUT2D eigenvalue weighted by Crippen LogP contribution is -2.54. The van der Waals surface area contributed by atoms with Gasteiger partial charge in [-0.15, -0.1) is 13.2 Å². The van der Waals surface area contributed by atoms with Gasteiger partial charge in [0.2, 0.25) is 11.8 Å². The van der Waals surface area contributed by atoms with Crippen LogP contribution in [0, 0.1) is 11.8 Å². The van der Waals surface area contributed by atoms with E-state index in [4.69, 9.17) is 4.74 Å². The fourth-order valence-corrected chi connectivity index (χ4v) is 4.89. The molecule has 3 saturated heterocycles. The molecule has 4 fully saturated rings. The Morgan fingerprint density at radius 3 is 2.66 bits per heavy atom. The number of nitrogens with zero attached hydrogens (tertiary/aromatic N) is 1. The molecule has 0 aromatic rings. The highest BCUT2D eigenvalue weighted by molar-refractivity contribution is 5.95. The number of likely N-dealkylation sites (tertiary alicyclic amines) is 1. The van der Waals surface area contributed by atoms with Gasteiger partial charge in [-0.05, 0) is 44.4 Å². The lowest BCUT2D eigenvalue weighted by atomic mass is 9.95. The summed E-state index contributed by atoms with van der Waals surface area (Å²) in [5, 5.41) is 5.11. The predicted molar refractivity (Wildman–Crippen MR) is 101 cm³/mol. The summed E-state index contributed by atoms with van der Waals surface area (Å²) in [6.45, 7) is -0.390. The second kappa shape index (κ2) is 8.97. The Balaban J connectivity index is 1.44. The number of hydrogen-bond donors (Lipinski definition) is 2. The molecule has 6 atom stereocenters. The number of carbonyl (C=O) groups is 4. The summed E-state index contributed by atoms with van der Waals surface area (Å²) < 4.78 is 46.3. The maximum absolute atomic E-state index is 13.1. The van der Waals surface area contributed by atoms with Crippen LogP contribution in [0.1, 0.15) is 38.5 Å². The number of carbonyl (C=O) groups excluding carboxylic acids is 4. The molecular weight excluding hydrogens is 435 g/mol. The predicted octanol–water partition coefficient (Wildman–Crippen LogP) is 0.271. The molecule has 1 saturated carbocycles. The lowest BCUT2D eigenvalue weighted by Gasteiger charge is -2.30. The maximum Gasteiger partial charge on any atom is 0.522 e. The third-order valence-electron chi connectivity index (χ3n) is 6.63. The van der Waals surface area contributed by atoms with E-state index < -0.39 is 48.8 Å². The minimum absolute atomic E-state index is 0.0502. The smallest absolute Gasteiger partial charge is 0.368 e. The molecule has 178 valence electrons. The first-order chi connectivity index (χ1) is 15.1. The van der Waals surface area contributed by atoms with E-state index >= 15 is 0 Å². The number of Topliss-reactive ketones (excluding diaryl/α,β-unsaturated/α-hetero) is 1. The van der Waals surface area contributed by atoms with Crippen LogP contribution in [-0.4, -0.2) is 78.8 Å². The zero-order chi connectivity index (χ0) is 23.0. The molecule has 4 aliphatic rings. The summed E-state index contributed by atoms with van der Waals surface area (Å²) in [6.07, 6.45) is -2.74. The minimum atomic E-state index is -4.99. The first-order valence-corrected chi connectivity index (χ1v) is 10.9. The zero-order valence-electron chi connectivity index (χ0n) is 17.4. The van der Waals surface area contributed by atoms with Crippen molar-refractivity contribution in [2.45, 2.75) is 69.1 Å². The average Bonchev–Trinajstić information content (AvgIpc) is 3.11. The summed E-state index contributed by atoms with van der Waals surface area (Å²) >= 11 is 0. The normalized spacial score (nSPS) is 32.4. The molecule has 3 amide bonds. The monoisotopic (exact) mass is 461 g/mol. The molecule has 32 heavy (non-hydrogen) atoms. The lowest BCUT2D eigenvalue weighted by molar-refractivity contribution is -0.321. The number of rotatable bonds is 8. The third kappa shape index (κ3) is 5.06. The number of fused-ring (bicyclic) bond motifs is 1. The number of hydrogen-bond acceptors (Lipinski definition) is 6. The second-order valence-corrected chi connectivity index (χ2v) is 8.84. The van der Waals surface area contributed by atoms with Gasteiger partial charge in [-0.2, -0.15) is 0 Å². The van der Waals surface area contributed by atoms with Gasteiger partial charge in [-0.3, -0.25) is 23.9 Å². The summed E-state index contributed by atoms with van der Waals surface area (Å²) in [6, 6.07) is -2.19. The van der Waals surface area contributed by atoms with Crippen molar-refractivity contribution < 1.29 is 41.8 Å². The quantitative estimate of drug-likeness (QED) is 0.537. The molecule has 0 aromatic heterocycles. The van der Waals surface area contributed by atoms with Crippen molar-refractivity contribution in [3.63, 3.8) is 0 Å². The van der Waals surface area contributed by atoms with Crippen LogP contribution < -0.4 is 10.6 Å². The molecule has 1 unspecified atom stereocenters. The standard InChI is InChI=1S/C20H26F3N3O6/c21-20(22,23)32-9-15(27)12(6-10-3-4-24-17(10)28)25-18(29)14-8-11-7-13(11)26(14)19(30)16-2-1-5-31-16/h10-14,16H,1-9H2,(H,24,28)(H,25,29)/t10-,11+,12?,13+,14-,16+/m0/s1. The van der Waals surface area contributed by atoms with E-state index in [9.17, 15) is 32.3 Å². The van der Waals surface area contributed by atoms with Crippen LogP contribution in [-0.2, 0) is 28.7 Å². The van der Waals surface area contributed by atoms with Gasteiger partial charge in [0, 0.05) is 25.1 Å². The Morgan fingerprint density at radius 1 is 1.25 bits per heavy atom. The molecule has 0 bridgehead atoms. The van der Waals surface area contributed by atoms with Crippen molar-refractivity contribution in [1.82, 2.24) is 15.5 Å². The van der Waals surface area contributed by atoms with Crippen LogP contribution in [0.2, 0.25) is 0 Å². The zero-order valence-corrected chi connectivity index (χ0v) is 17.4. The number of ketones is 1. The first kappa shape index (κ1) is 23.0. The largest absolute Gasteiger partial charge is 0.522 e. The van der Waals surface area contributed by atoms with Crippen molar-refractivity contribution in [2.75, 3.05) is 19.8 Å². The molecule has 4 rings (SSSR count). The molecule has 1 aliphatic carbocycles. The van der Waals surface area contributed by atoms with E-state index in [1.54, 1.807) is 0 Å². The SMILES string of the molecule is O=C(COC(F)(F)F)C(C[C@@H]1CCNC1=O)NC(=O)[C@@H]1C[C@H]2C[C@H]2N1C(=O)[C@H]1CCCO1. The fourth-order valence-electron chi connectivity index (χ4n) is 4.89. The van der Waals surface area contributed by atoms with Gasteiger partial charge in [-0.1, -0.05) is 0 Å². The van der Waals surface area contributed by atoms with Gasteiger partial charge in [-0.25, -0.2) is 0 Å². The molecule has 0 radical (unpaired) electrons. The van der Waals surface area contributed by atoms with Crippen LogP contribution in [0.4, 0.5) is 13.2 Å². The van der Waals surface area contributed by atoms with Crippen molar-refractivity contribution in [2.24, 2.45) is 11.8 Å². The third-order valence-corrected chi connectivity index (χ3v) is 6.63. The number of halogens is 3. The molecule has 12 heteroatoms. The maximum atomic E-state index is 13.1. The van der Waals surface area contributed by atoms with E-state index in [0.29, 0.717) is 32.4 Å². The second-order valence-electron chi connectivity index (χ2n) is 8.84. The van der Waals surface area contributed by atoms with Gasteiger partial charge in [0.1, 0.15) is 18.8 Å². The highest BCUT2D eigenvalue weighted by Gasteiger charge is 2.57. The van der Waals surface area contributed by atoms with Crippen molar-refractivity contribution in [3.05, 3.63) is 0 Å². The molecule has 3 heterocycles. The molecule has 0 spiro atoms. The summed E-state index contributed by atoms with van der Waals surface area (Å²) in [5.41, 5.74) is 0. The van der Waals surface area contributed by atoms with Gasteiger partial charge < -0.3 is 20.3 Å². The van der Waals surface area contributed by atoms with Gasteiger partial charge >= 0.3 is 6.36 Å². The van der Waals surface area contributed by atoms with Gasteiger partial charge in [0.15, 0.2) is 5.78 Å². The van der Waals surface area contributed by atoms with Crippen molar-refractivity contribution >= 4 is 23.5 Å². The Morgan fingerprint density at radius 2 is 2.03 bits per heavy atom. The van der Waals surface area contributed by atoms with E-state index in [2.05, 4.69) is 15.4 Å². The van der Waals surface area contributed by atoms with Gasteiger partial charge in [0.25, 0.3) is 5.91 Å². The van der Waals surface area contributed by atoms with Crippen LogP contribution in [0.3, 0.4) is 0 Å². The van der Waals surface area contributed by atoms with Crippen LogP contribution in [0.15, 0.2) is 0 Å². The summed E-state index contributed by atoms with van der Waals surface area (Å²) in [5.74, 6) is -2.56. The van der Waals surface area contributed by atoms with E-state index in [0.717, 1.165) is 12.8 Å². The minimum Gasteiger partial charge on any atom is -0.368 e. The van der Waals surface area contributed by atoms with Crippen LogP contribution in [0.5, 0.6) is 0 Å². The van der Waals surface area contributed by atoms with Crippen LogP contribution >= 0.6 is 0 Å². The fraction of sp³-hybridized carbons (Fsp3) is 0.800. The average molecular weight is 461 g/mol. The number of piperidine rings is 1. The Kier molecular flexibility index (Phi) is 6.44. The Hall–Kier alpha value is -2.21. The highest BCUT2D eigenvalue weighted by atomic mass is 19.4. The number of amides is 3. The van der Waals surface area contributed by atoms with Crippen molar-refractivity contribution in [1.29, 1.82) is 0 Å². The summed E-state index contributed by atoms with van der Waals surface area (Å²) in [4.78, 5) is 51.9. The highest BCUT2D eigenvalue weighted by Crippen LogP contribution is 2.48. The number of nitrogens with one attached hydrogen (secondary N) is 2. The van der Waals surface area contributed by atoms with E-state index in [1.165, 1.54) is 4.90 Å². The molecule has 9 nitrogen and oxygen atoms in total. The molecule has 3 aliphatic heterocycles. The first-order valence-electron chi connectivity index (χ1n) is 10.9. The number of ether oxygens (including phenoxy) is 2. The van der Waals surface area contributed by atoms with Gasteiger partial charge in [0.05, 0.1) is 6.04 Å². The molecule has 2 N–H and O–H groups in total. The van der Waals surface area contributed by atoms with E-state index in [1.807, 2.05) is 0 Å². The van der Waals surface area contributed by atoms with E-state index in [-0.39, 0.29) is 30.2 Å². The number of alkyl halides is 3.